The van der Waals surface area contributed by atoms with Crippen LogP contribution in [-0.2, 0) is 12.6 Å². The minimum Gasteiger partial charge on any atom is -0.412 e. The van der Waals surface area contributed by atoms with Crippen molar-refractivity contribution in [1.82, 2.24) is 5.32 Å². The molecule has 0 spiro atoms. The van der Waals surface area contributed by atoms with Crippen molar-refractivity contribution in [3.05, 3.63) is 0 Å². The van der Waals surface area contributed by atoms with Gasteiger partial charge in [0.25, 0.3) is 0 Å². The van der Waals surface area contributed by atoms with Crippen LogP contribution in [0.3, 0.4) is 0 Å². The summed E-state index contributed by atoms with van der Waals surface area (Å²) in [5.41, 5.74) is 0. The quantitative estimate of drug-likeness (QED) is 0.217. The van der Waals surface area contributed by atoms with Gasteiger partial charge in [-0.25, -0.2) is 0 Å². The molecule has 0 aromatic rings. The molecular weight excluding hydrogens is 141 g/mol. The zero-order chi connectivity index (χ0) is 4.28. The summed E-state index contributed by atoms with van der Waals surface area (Å²) in [4.78, 5) is 0. The monoisotopic (exact) mass is 147 g/mol. The molecule has 0 rings (SSSR count). The second kappa shape index (κ2) is 10.1. The van der Waals surface area contributed by atoms with Crippen LogP contribution in [0, 0.1) is 0 Å². The number of rotatable bonds is 0. The maximum absolute atomic E-state index is 4.40. The van der Waals surface area contributed by atoms with Crippen LogP contribution in [0.1, 0.15) is 0 Å². The molecule has 0 aliphatic heterocycles. The second-order valence-electron chi connectivity index (χ2n) is 0.537. The number of hydrogen-bond acceptors (Lipinski definition) is 2. The van der Waals surface area contributed by atoms with Crippen molar-refractivity contribution in [3.8, 4) is 0 Å². The van der Waals surface area contributed by atoms with Gasteiger partial charge in [0.15, 0.2) is 0 Å². The number of thiocarbonyl (C=S) groups is 1. The molecule has 0 amide bonds. The molecule has 3 N–H and O–H groups in total. The summed E-state index contributed by atoms with van der Waals surface area (Å²) in [7, 11) is 1.70. The van der Waals surface area contributed by atoms with E-state index in [9.17, 15) is 0 Å². The van der Waals surface area contributed by atoms with E-state index in [1.165, 1.54) is 0 Å². The Morgan fingerprint density at radius 3 is 1.86 bits per heavy atom. The number of hydrogen-bond donors (Lipinski definition) is 1. The molecule has 38 valence electrons. The Kier molecular flexibility index (Phi) is 22.7. The van der Waals surface area contributed by atoms with Crippen molar-refractivity contribution in [3.63, 3.8) is 0 Å². The minimum absolute atomic E-state index is 0. The van der Waals surface area contributed by atoms with Crippen LogP contribution in [0.25, 0.3) is 0 Å². The van der Waals surface area contributed by atoms with E-state index < -0.39 is 0 Å². The molecule has 0 unspecified atom stereocenters. The predicted octanol–water partition coefficient (Wildman–Crippen LogP) is -3.78. The van der Waals surface area contributed by atoms with E-state index in [2.05, 4.69) is 30.2 Å². The molecule has 0 aromatic carbocycles. The Balaban J connectivity index is -0.0000000800. The molecule has 0 bridgehead atoms. The zero-order valence-electron chi connectivity index (χ0n) is 4.32. The average Bonchev–Trinajstić information content (AvgIpc) is 1.38. The molecule has 0 atom stereocenters. The van der Waals surface area contributed by atoms with E-state index in [0.29, 0.717) is 4.32 Å². The summed E-state index contributed by atoms with van der Waals surface area (Å²) in [6, 6.07) is 0. The largest absolute Gasteiger partial charge is 1.00 e. The molecule has 0 aliphatic rings. The molecule has 0 saturated carbocycles. The van der Waals surface area contributed by atoms with Gasteiger partial charge in [-0.2, -0.15) is 0 Å². The summed E-state index contributed by atoms with van der Waals surface area (Å²) in [6.45, 7) is 0. The third kappa shape index (κ3) is 19.3. The first kappa shape index (κ1) is 15.7. The topological polar surface area (TPSA) is 43.5 Å². The fourth-order valence-corrected chi connectivity index (χ4v) is 0. The molecule has 7 heavy (non-hydrogen) atoms. The summed E-state index contributed by atoms with van der Waals surface area (Å²) in [5.74, 6) is 0. The Labute approximate surface area is 76.1 Å². The van der Waals surface area contributed by atoms with E-state index in [4.69, 9.17) is 0 Å². The SMILES string of the molecule is CNC(=S)[S-].O.[Na+]. The van der Waals surface area contributed by atoms with Crippen LogP contribution >= 0.6 is 12.2 Å². The minimum atomic E-state index is 0. The Bertz CT molecular complexity index is 51.0. The van der Waals surface area contributed by atoms with Crippen molar-refractivity contribution in [2.75, 3.05) is 7.05 Å². The maximum atomic E-state index is 4.40. The third-order valence-corrected chi connectivity index (χ3v) is 0.612. The first-order valence-corrected chi connectivity index (χ1v) is 1.97. The van der Waals surface area contributed by atoms with Crippen LogP contribution in [-0.4, -0.2) is 16.8 Å². The summed E-state index contributed by atoms with van der Waals surface area (Å²) in [6.07, 6.45) is 0. The molecular formula is C2H6NNaOS2. The van der Waals surface area contributed by atoms with E-state index in [1.54, 1.807) is 7.05 Å². The van der Waals surface area contributed by atoms with E-state index in [-0.39, 0.29) is 35.0 Å². The smallest absolute Gasteiger partial charge is 0.412 e. The van der Waals surface area contributed by atoms with E-state index in [1.807, 2.05) is 0 Å². The van der Waals surface area contributed by atoms with E-state index in [0.717, 1.165) is 0 Å². The molecule has 0 radical (unpaired) electrons. The average molecular weight is 147 g/mol. The van der Waals surface area contributed by atoms with E-state index >= 15 is 0 Å². The summed E-state index contributed by atoms with van der Waals surface area (Å²) >= 11 is 8.80. The normalized spacial score (nSPS) is 4.71. The van der Waals surface area contributed by atoms with Crippen molar-refractivity contribution in [2.45, 2.75) is 0 Å². The Morgan fingerprint density at radius 2 is 1.86 bits per heavy atom. The van der Waals surface area contributed by atoms with Gasteiger partial charge >= 0.3 is 29.6 Å². The van der Waals surface area contributed by atoms with Crippen LogP contribution in [0.5, 0.6) is 0 Å². The van der Waals surface area contributed by atoms with Crippen molar-refractivity contribution in [1.29, 1.82) is 0 Å². The fraction of sp³-hybridized carbons (Fsp3) is 0.500. The first-order chi connectivity index (χ1) is 2.27. The van der Waals surface area contributed by atoms with Gasteiger partial charge in [0.2, 0.25) is 0 Å². The van der Waals surface area contributed by atoms with Crippen LogP contribution in [0.2, 0.25) is 0 Å². The van der Waals surface area contributed by atoms with Crippen molar-refractivity contribution >= 4 is 29.2 Å². The molecule has 5 heteroatoms. The van der Waals surface area contributed by atoms with Crippen molar-refractivity contribution < 1.29 is 35.0 Å². The first-order valence-electron chi connectivity index (χ1n) is 1.16. The maximum Gasteiger partial charge on any atom is 1.00 e. The fourth-order valence-electron chi connectivity index (χ4n) is 0. The van der Waals surface area contributed by atoms with Crippen LogP contribution in [0.4, 0.5) is 0 Å². The Morgan fingerprint density at radius 1 is 1.71 bits per heavy atom. The molecule has 2 nitrogen and oxygen atoms in total. The molecule has 0 aromatic heterocycles. The second-order valence-corrected chi connectivity index (χ2v) is 1.61. The van der Waals surface area contributed by atoms with Gasteiger partial charge < -0.3 is 35.6 Å². The van der Waals surface area contributed by atoms with Crippen LogP contribution in [0.15, 0.2) is 0 Å². The molecule has 0 heterocycles. The van der Waals surface area contributed by atoms with Crippen LogP contribution < -0.4 is 34.9 Å². The Hall–Kier alpha value is 1.07. The van der Waals surface area contributed by atoms with Gasteiger partial charge in [-0.3, -0.25) is 0 Å². The third-order valence-electron chi connectivity index (χ3n) is 0.204. The number of nitrogens with one attached hydrogen (secondary N) is 1. The standard InChI is InChI=1S/C2H5NS2.Na.H2O/c1-3-2(4)5;;/h1H3,(H2,3,4,5);;1H2/q;+1;/p-1. The molecule has 0 fully saturated rings. The zero-order valence-corrected chi connectivity index (χ0v) is 7.95. The predicted molar refractivity (Wildman–Crippen MR) is 32.6 cm³/mol. The summed E-state index contributed by atoms with van der Waals surface area (Å²) < 4.78 is 0.421. The summed E-state index contributed by atoms with van der Waals surface area (Å²) in [5, 5.41) is 2.57. The van der Waals surface area contributed by atoms with Gasteiger partial charge in [-0.05, 0) is 0 Å². The van der Waals surface area contributed by atoms with Gasteiger partial charge in [-0.15, -0.1) is 0 Å². The van der Waals surface area contributed by atoms with Gasteiger partial charge in [-0.1, -0.05) is 4.32 Å². The van der Waals surface area contributed by atoms with Gasteiger partial charge in [0.1, 0.15) is 0 Å². The molecule has 0 saturated heterocycles. The van der Waals surface area contributed by atoms with Crippen molar-refractivity contribution in [2.24, 2.45) is 0 Å². The molecule has 0 aliphatic carbocycles. The van der Waals surface area contributed by atoms with Gasteiger partial charge in [0, 0.05) is 7.05 Å². The van der Waals surface area contributed by atoms with Gasteiger partial charge in [0.05, 0.1) is 0 Å².